The topological polar surface area (TPSA) is 12.0 Å². The van der Waals surface area contributed by atoms with Crippen molar-refractivity contribution in [2.75, 3.05) is 5.32 Å². The van der Waals surface area contributed by atoms with Gasteiger partial charge >= 0.3 is 0 Å². The van der Waals surface area contributed by atoms with Crippen LogP contribution in [0.15, 0.2) is 140 Å². The number of hydrogen-bond acceptors (Lipinski definition) is 1. The number of nitrogens with one attached hydrogen (secondary N) is 1. The fourth-order valence-corrected chi connectivity index (χ4v) is 6.88. The summed E-state index contributed by atoms with van der Waals surface area (Å²) in [5.74, 6) is 0. The number of benzene rings is 6. The van der Waals surface area contributed by atoms with E-state index in [0.717, 1.165) is 0 Å². The van der Waals surface area contributed by atoms with Gasteiger partial charge in [-0.1, -0.05) is 127 Å². The van der Waals surface area contributed by atoms with Crippen molar-refractivity contribution in [1.29, 1.82) is 0 Å². The Hall–Kier alpha value is -4.88. The molecule has 0 bridgehead atoms. The van der Waals surface area contributed by atoms with Crippen LogP contribution in [0.2, 0.25) is 0 Å². The van der Waals surface area contributed by atoms with Crippen molar-refractivity contribution in [2.24, 2.45) is 0 Å². The fraction of sp³-hybridized carbons (Fsp3) is 0.0526. The van der Waals surface area contributed by atoms with Crippen molar-refractivity contribution >= 4 is 11.4 Å². The molecule has 1 nitrogen and oxygen atoms in total. The first kappa shape index (κ1) is 22.1. The third kappa shape index (κ3) is 3.08. The minimum absolute atomic E-state index is 0.390. The van der Waals surface area contributed by atoms with Crippen LogP contribution in [0.3, 0.4) is 0 Å². The third-order valence-electron chi connectivity index (χ3n) is 8.58. The lowest BCUT2D eigenvalue weighted by Gasteiger charge is -2.40. The zero-order chi connectivity index (χ0) is 26.0. The van der Waals surface area contributed by atoms with Crippen molar-refractivity contribution in [1.82, 2.24) is 0 Å². The number of para-hydroxylation sites is 2. The molecule has 6 aromatic carbocycles. The van der Waals surface area contributed by atoms with Gasteiger partial charge in [-0.2, -0.15) is 0 Å². The average molecular weight is 498 g/mol. The second-order valence-electron chi connectivity index (χ2n) is 10.7. The van der Waals surface area contributed by atoms with E-state index in [4.69, 9.17) is 0 Å². The number of rotatable bonds is 2. The van der Waals surface area contributed by atoms with Gasteiger partial charge in [0.1, 0.15) is 0 Å². The Labute approximate surface area is 229 Å². The van der Waals surface area contributed by atoms with Crippen LogP contribution in [0.4, 0.5) is 11.4 Å². The number of aryl methyl sites for hydroxylation is 1. The van der Waals surface area contributed by atoms with Crippen LogP contribution in [-0.4, -0.2) is 0 Å². The fourth-order valence-electron chi connectivity index (χ4n) is 6.88. The van der Waals surface area contributed by atoms with Crippen LogP contribution in [0.25, 0.3) is 33.4 Å². The van der Waals surface area contributed by atoms with Gasteiger partial charge in [-0.15, -0.1) is 0 Å². The monoisotopic (exact) mass is 497 g/mol. The maximum Gasteiger partial charge on any atom is 0.0754 e. The zero-order valence-corrected chi connectivity index (χ0v) is 21.8. The van der Waals surface area contributed by atoms with Gasteiger partial charge in [-0.25, -0.2) is 0 Å². The van der Waals surface area contributed by atoms with Crippen LogP contribution < -0.4 is 5.32 Å². The standard InChI is InChI=1S/C38H27N/c1-25-18-20-26(21-19-25)28-10-2-3-11-29(28)27-22-23-31-30-12-4-5-13-32(30)38(35(31)24-27)33-14-6-8-16-36(33)39-37-17-9-7-15-34(37)38/h2-24,39H,1H3. The van der Waals surface area contributed by atoms with Crippen molar-refractivity contribution in [3.05, 3.63) is 167 Å². The molecule has 0 fully saturated rings. The van der Waals surface area contributed by atoms with Crippen LogP contribution in [-0.2, 0) is 5.41 Å². The van der Waals surface area contributed by atoms with E-state index < -0.39 is 0 Å². The minimum Gasteiger partial charge on any atom is -0.355 e. The Balaban J connectivity index is 1.45. The van der Waals surface area contributed by atoms with Crippen molar-refractivity contribution in [3.63, 3.8) is 0 Å². The maximum absolute atomic E-state index is 3.73. The predicted molar refractivity (Wildman–Crippen MR) is 163 cm³/mol. The summed E-state index contributed by atoms with van der Waals surface area (Å²) < 4.78 is 0. The smallest absolute Gasteiger partial charge is 0.0754 e. The van der Waals surface area contributed by atoms with Gasteiger partial charge < -0.3 is 5.32 Å². The Morgan fingerprint density at radius 1 is 0.410 bits per heavy atom. The van der Waals surface area contributed by atoms with E-state index in [-0.39, 0.29) is 5.41 Å². The van der Waals surface area contributed by atoms with E-state index in [9.17, 15) is 0 Å². The van der Waals surface area contributed by atoms with Crippen molar-refractivity contribution < 1.29 is 0 Å². The summed E-state index contributed by atoms with van der Waals surface area (Å²) in [5.41, 5.74) is 16.2. The second kappa shape index (κ2) is 8.31. The Morgan fingerprint density at radius 3 is 1.56 bits per heavy atom. The van der Waals surface area contributed by atoms with Crippen LogP contribution in [0, 0.1) is 6.92 Å². The highest BCUT2D eigenvalue weighted by Gasteiger charge is 2.50. The average Bonchev–Trinajstić information content (AvgIpc) is 3.28. The molecule has 1 spiro atoms. The first-order valence-electron chi connectivity index (χ1n) is 13.6. The van der Waals surface area contributed by atoms with Crippen molar-refractivity contribution in [2.45, 2.75) is 12.3 Å². The second-order valence-corrected chi connectivity index (χ2v) is 10.7. The lowest BCUT2D eigenvalue weighted by molar-refractivity contribution is 0.763. The normalized spacial score (nSPS) is 13.7. The van der Waals surface area contributed by atoms with Gasteiger partial charge in [-0.05, 0) is 80.8 Å². The Bertz CT molecular complexity index is 1850. The predicted octanol–water partition coefficient (Wildman–Crippen LogP) is 9.75. The van der Waals surface area contributed by atoms with Gasteiger partial charge in [0.15, 0.2) is 0 Å². The van der Waals surface area contributed by atoms with Gasteiger partial charge in [0.2, 0.25) is 0 Å². The third-order valence-corrected chi connectivity index (χ3v) is 8.58. The molecular weight excluding hydrogens is 470 g/mol. The largest absolute Gasteiger partial charge is 0.355 e. The summed E-state index contributed by atoms with van der Waals surface area (Å²) in [6.07, 6.45) is 0. The molecule has 0 amide bonds. The lowest BCUT2D eigenvalue weighted by atomic mass is 9.65. The molecule has 0 atom stereocenters. The highest BCUT2D eigenvalue weighted by atomic mass is 14.9. The molecule has 0 radical (unpaired) electrons. The Morgan fingerprint density at radius 2 is 0.897 bits per heavy atom. The highest BCUT2D eigenvalue weighted by Crippen LogP contribution is 2.61. The molecule has 8 rings (SSSR count). The Kier molecular flexibility index (Phi) is 4.72. The molecule has 1 aliphatic heterocycles. The van der Waals surface area contributed by atoms with Gasteiger partial charge in [0, 0.05) is 11.4 Å². The minimum atomic E-state index is -0.390. The number of hydrogen-bond donors (Lipinski definition) is 1. The molecule has 1 N–H and O–H groups in total. The van der Waals surface area contributed by atoms with E-state index in [0.29, 0.717) is 0 Å². The molecule has 0 unspecified atom stereocenters. The molecule has 1 heteroatoms. The molecule has 184 valence electrons. The van der Waals surface area contributed by atoms with Crippen LogP contribution in [0.5, 0.6) is 0 Å². The van der Waals surface area contributed by atoms with Gasteiger partial charge in [0.05, 0.1) is 5.41 Å². The molecule has 0 saturated carbocycles. The zero-order valence-electron chi connectivity index (χ0n) is 21.8. The first-order valence-corrected chi connectivity index (χ1v) is 13.6. The van der Waals surface area contributed by atoms with Crippen molar-refractivity contribution in [3.8, 4) is 33.4 Å². The summed E-state index contributed by atoms with van der Waals surface area (Å²) in [4.78, 5) is 0. The van der Waals surface area contributed by atoms with E-state index in [2.05, 4.69) is 152 Å². The summed E-state index contributed by atoms with van der Waals surface area (Å²) >= 11 is 0. The summed E-state index contributed by atoms with van der Waals surface area (Å²) in [6, 6.07) is 51.4. The van der Waals surface area contributed by atoms with E-state index in [1.807, 2.05) is 0 Å². The molecule has 1 aliphatic carbocycles. The van der Waals surface area contributed by atoms with Gasteiger partial charge in [0.25, 0.3) is 0 Å². The van der Waals surface area contributed by atoms with Gasteiger partial charge in [-0.3, -0.25) is 0 Å². The van der Waals surface area contributed by atoms with E-state index >= 15 is 0 Å². The number of anilines is 2. The highest BCUT2D eigenvalue weighted by molar-refractivity contribution is 5.94. The summed E-state index contributed by atoms with van der Waals surface area (Å²) in [5, 5.41) is 3.73. The van der Waals surface area contributed by atoms with E-state index in [1.54, 1.807) is 0 Å². The molecule has 0 aromatic heterocycles. The molecule has 1 heterocycles. The molecule has 6 aromatic rings. The van der Waals surface area contributed by atoms with Crippen LogP contribution in [0.1, 0.15) is 27.8 Å². The maximum atomic E-state index is 3.73. The lowest BCUT2D eigenvalue weighted by Crippen LogP contribution is -2.33. The molecule has 39 heavy (non-hydrogen) atoms. The number of fused-ring (bicyclic) bond motifs is 9. The molecular formula is C38H27N. The molecule has 0 saturated heterocycles. The summed E-state index contributed by atoms with van der Waals surface area (Å²) in [7, 11) is 0. The first-order chi connectivity index (χ1) is 19.2. The summed E-state index contributed by atoms with van der Waals surface area (Å²) in [6.45, 7) is 2.14. The van der Waals surface area contributed by atoms with E-state index in [1.165, 1.54) is 72.6 Å². The quantitative estimate of drug-likeness (QED) is 0.251. The SMILES string of the molecule is Cc1ccc(-c2ccccc2-c2ccc3c(c2)C2(c4ccccc4Nc4ccccc42)c2ccccc2-3)cc1. The molecule has 2 aliphatic rings. The van der Waals surface area contributed by atoms with Crippen LogP contribution >= 0.6 is 0 Å².